The number of aliphatic hydroxyl groups is 1. The molecule has 0 bridgehead atoms. The van der Waals surface area contributed by atoms with E-state index in [0.29, 0.717) is 17.2 Å². The molecule has 1 aliphatic heterocycles. The zero-order chi connectivity index (χ0) is 14.6. The summed E-state index contributed by atoms with van der Waals surface area (Å²) >= 11 is 0. The molecule has 0 unspecified atom stereocenters. The molecule has 0 saturated carbocycles. The Bertz CT molecular complexity index is 490. The molecule has 3 N–H and O–H groups in total. The molecule has 2 amide bonds. The Labute approximate surface area is 116 Å². The van der Waals surface area contributed by atoms with Crippen LogP contribution in [-0.4, -0.2) is 43.8 Å². The standard InChI is InChI=1S/C13H18N2O5/c1-13(17,7-18-2)6-14-12(16)15-9-3-4-10-11(5-9)20-8-19-10/h3-5,17H,6-8H2,1-2H3,(H2,14,15,16)/t13-/m1/s1. The lowest BCUT2D eigenvalue weighted by atomic mass is 10.1. The van der Waals surface area contributed by atoms with Crippen LogP contribution in [0, 0.1) is 0 Å². The third-order valence-corrected chi connectivity index (χ3v) is 2.72. The summed E-state index contributed by atoms with van der Waals surface area (Å²) in [6.45, 7) is 1.98. The maximum Gasteiger partial charge on any atom is 0.319 e. The van der Waals surface area contributed by atoms with Gasteiger partial charge in [0.1, 0.15) is 5.60 Å². The fourth-order valence-electron chi connectivity index (χ4n) is 1.78. The number of carbonyl (C=O) groups is 1. The first kappa shape index (κ1) is 14.4. The predicted molar refractivity (Wildman–Crippen MR) is 72.1 cm³/mol. The van der Waals surface area contributed by atoms with Crippen molar-refractivity contribution in [1.82, 2.24) is 5.32 Å². The van der Waals surface area contributed by atoms with E-state index in [-0.39, 0.29) is 19.9 Å². The van der Waals surface area contributed by atoms with Crippen molar-refractivity contribution in [1.29, 1.82) is 0 Å². The Morgan fingerprint density at radius 1 is 1.45 bits per heavy atom. The molecule has 2 rings (SSSR count). The second kappa shape index (κ2) is 5.98. The average molecular weight is 282 g/mol. The average Bonchev–Trinajstić information content (AvgIpc) is 2.84. The van der Waals surface area contributed by atoms with Crippen LogP contribution < -0.4 is 20.1 Å². The Kier molecular flexibility index (Phi) is 4.31. The van der Waals surface area contributed by atoms with E-state index in [2.05, 4.69) is 10.6 Å². The van der Waals surface area contributed by atoms with Gasteiger partial charge >= 0.3 is 6.03 Å². The van der Waals surface area contributed by atoms with Gasteiger partial charge in [-0.05, 0) is 19.1 Å². The molecule has 1 aromatic rings. The Morgan fingerprint density at radius 2 is 2.20 bits per heavy atom. The number of anilines is 1. The van der Waals surface area contributed by atoms with Gasteiger partial charge in [-0.3, -0.25) is 0 Å². The van der Waals surface area contributed by atoms with Crippen LogP contribution in [0.25, 0.3) is 0 Å². The number of hydrogen-bond donors (Lipinski definition) is 3. The number of nitrogens with one attached hydrogen (secondary N) is 2. The number of rotatable bonds is 5. The summed E-state index contributed by atoms with van der Waals surface area (Å²) in [6, 6.07) is 4.69. The summed E-state index contributed by atoms with van der Waals surface area (Å²) in [4.78, 5) is 11.7. The van der Waals surface area contributed by atoms with Crippen molar-refractivity contribution in [2.75, 3.05) is 32.4 Å². The molecule has 110 valence electrons. The molecule has 1 aromatic carbocycles. The molecule has 1 heterocycles. The van der Waals surface area contributed by atoms with Crippen molar-refractivity contribution >= 4 is 11.7 Å². The summed E-state index contributed by atoms with van der Waals surface area (Å²) in [5.41, 5.74) is -0.529. The molecule has 1 atom stereocenters. The molecule has 0 spiro atoms. The topological polar surface area (TPSA) is 89.1 Å². The summed E-state index contributed by atoms with van der Waals surface area (Å²) < 4.78 is 15.3. The highest BCUT2D eigenvalue weighted by Crippen LogP contribution is 2.34. The Hall–Kier alpha value is -1.99. The van der Waals surface area contributed by atoms with Gasteiger partial charge in [-0.15, -0.1) is 0 Å². The molecule has 1 aliphatic rings. The van der Waals surface area contributed by atoms with Crippen molar-refractivity contribution in [2.45, 2.75) is 12.5 Å². The largest absolute Gasteiger partial charge is 0.454 e. The number of urea groups is 1. The van der Waals surface area contributed by atoms with Crippen LogP contribution in [0.2, 0.25) is 0 Å². The van der Waals surface area contributed by atoms with E-state index in [9.17, 15) is 9.90 Å². The second-order valence-corrected chi connectivity index (χ2v) is 4.81. The van der Waals surface area contributed by atoms with Crippen LogP contribution in [0.5, 0.6) is 11.5 Å². The SMILES string of the molecule is COC[C@](C)(O)CNC(=O)Nc1ccc2c(c1)OCO2. The van der Waals surface area contributed by atoms with E-state index in [1.165, 1.54) is 7.11 Å². The molecule has 7 heteroatoms. The predicted octanol–water partition coefficient (Wildman–Crippen LogP) is 0.934. The zero-order valence-electron chi connectivity index (χ0n) is 11.4. The fourth-order valence-corrected chi connectivity index (χ4v) is 1.78. The van der Waals surface area contributed by atoms with E-state index in [1.54, 1.807) is 25.1 Å². The zero-order valence-corrected chi connectivity index (χ0v) is 11.4. The normalized spacial score (nSPS) is 15.6. The quantitative estimate of drug-likeness (QED) is 0.747. The van der Waals surface area contributed by atoms with Gasteiger partial charge in [0.15, 0.2) is 11.5 Å². The smallest absolute Gasteiger partial charge is 0.319 e. The van der Waals surface area contributed by atoms with Crippen molar-refractivity contribution < 1.29 is 24.1 Å². The Balaban J connectivity index is 1.85. The number of carbonyl (C=O) groups excluding carboxylic acids is 1. The van der Waals surface area contributed by atoms with Crippen LogP contribution in [-0.2, 0) is 4.74 Å². The van der Waals surface area contributed by atoms with Gasteiger partial charge in [0, 0.05) is 18.9 Å². The van der Waals surface area contributed by atoms with Crippen molar-refractivity contribution in [3.63, 3.8) is 0 Å². The van der Waals surface area contributed by atoms with E-state index < -0.39 is 11.6 Å². The third kappa shape index (κ3) is 3.75. The Morgan fingerprint density at radius 3 is 2.95 bits per heavy atom. The van der Waals surface area contributed by atoms with Crippen molar-refractivity contribution in [3.8, 4) is 11.5 Å². The third-order valence-electron chi connectivity index (χ3n) is 2.72. The van der Waals surface area contributed by atoms with E-state index in [0.717, 1.165) is 0 Å². The maximum atomic E-state index is 11.7. The maximum absolute atomic E-state index is 11.7. The molecule has 0 aromatic heterocycles. The minimum absolute atomic E-state index is 0.0806. The van der Waals surface area contributed by atoms with Gasteiger partial charge in [-0.25, -0.2) is 4.79 Å². The van der Waals surface area contributed by atoms with Gasteiger partial charge < -0.3 is 30.0 Å². The van der Waals surface area contributed by atoms with Crippen LogP contribution in [0.3, 0.4) is 0 Å². The number of amides is 2. The van der Waals surface area contributed by atoms with E-state index in [1.807, 2.05) is 0 Å². The summed E-state index contributed by atoms with van der Waals surface area (Å²) in [7, 11) is 1.49. The molecule has 7 nitrogen and oxygen atoms in total. The molecular formula is C13H18N2O5. The van der Waals surface area contributed by atoms with Gasteiger partial charge in [0.2, 0.25) is 6.79 Å². The number of ether oxygens (including phenoxy) is 3. The van der Waals surface area contributed by atoms with Crippen molar-refractivity contribution in [2.24, 2.45) is 0 Å². The van der Waals surface area contributed by atoms with Gasteiger partial charge in [-0.1, -0.05) is 0 Å². The number of hydrogen-bond acceptors (Lipinski definition) is 5. The molecule has 0 fully saturated rings. The van der Waals surface area contributed by atoms with Crippen molar-refractivity contribution in [3.05, 3.63) is 18.2 Å². The van der Waals surface area contributed by atoms with Crippen LogP contribution in [0.1, 0.15) is 6.92 Å². The lowest BCUT2D eigenvalue weighted by molar-refractivity contribution is -0.0133. The first-order valence-corrected chi connectivity index (χ1v) is 6.16. The lowest BCUT2D eigenvalue weighted by Crippen LogP contribution is -2.45. The van der Waals surface area contributed by atoms with E-state index >= 15 is 0 Å². The van der Waals surface area contributed by atoms with Crippen LogP contribution in [0.15, 0.2) is 18.2 Å². The molecule has 0 aliphatic carbocycles. The van der Waals surface area contributed by atoms with Crippen LogP contribution >= 0.6 is 0 Å². The number of benzene rings is 1. The summed E-state index contributed by atoms with van der Waals surface area (Å²) in [6.07, 6.45) is 0. The second-order valence-electron chi connectivity index (χ2n) is 4.81. The highest BCUT2D eigenvalue weighted by Gasteiger charge is 2.21. The minimum atomic E-state index is -1.11. The monoisotopic (exact) mass is 282 g/mol. The number of fused-ring (bicyclic) bond motifs is 1. The van der Waals surface area contributed by atoms with Gasteiger partial charge in [0.05, 0.1) is 13.2 Å². The fraction of sp³-hybridized carbons (Fsp3) is 0.462. The van der Waals surface area contributed by atoms with Gasteiger partial charge in [-0.2, -0.15) is 0 Å². The highest BCUT2D eigenvalue weighted by molar-refractivity contribution is 5.89. The lowest BCUT2D eigenvalue weighted by Gasteiger charge is -2.22. The first-order valence-electron chi connectivity index (χ1n) is 6.16. The highest BCUT2D eigenvalue weighted by atomic mass is 16.7. The summed E-state index contributed by atoms with van der Waals surface area (Å²) in [5, 5.41) is 15.1. The minimum Gasteiger partial charge on any atom is -0.454 e. The van der Waals surface area contributed by atoms with E-state index in [4.69, 9.17) is 14.2 Å². The molecule has 20 heavy (non-hydrogen) atoms. The molecular weight excluding hydrogens is 264 g/mol. The van der Waals surface area contributed by atoms with Gasteiger partial charge in [0.25, 0.3) is 0 Å². The van der Waals surface area contributed by atoms with Crippen LogP contribution in [0.4, 0.5) is 10.5 Å². The molecule has 0 radical (unpaired) electrons. The first-order chi connectivity index (χ1) is 9.50. The summed E-state index contributed by atoms with van der Waals surface area (Å²) in [5.74, 6) is 1.24. The number of methoxy groups -OCH3 is 1. The molecule has 0 saturated heterocycles.